The monoisotopic (exact) mass is 394 g/mol. The molecule has 2 saturated heterocycles. The Balaban J connectivity index is 1.54. The Morgan fingerprint density at radius 1 is 1.04 bits per heavy atom. The minimum Gasteiger partial charge on any atom is -0.341 e. The van der Waals surface area contributed by atoms with Crippen LogP contribution in [0.15, 0.2) is 54.6 Å². The van der Waals surface area contributed by atoms with Crippen molar-refractivity contribution in [3.8, 4) is 0 Å². The molecule has 2 atom stereocenters. The van der Waals surface area contributed by atoms with Gasteiger partial charge in [-0.2, -0.15) is 11.8 Å². The molecule has 2 heterocycles. The highest BCUT2D eigenvalue weighted by Gasteiger charge is 2.35. The van der Waals surface area contributed by atoms with Gasteiger partial charge in [0.1, 0.15) is 0 Å². The molecule has 0 aliphatic carbocycles. The van der Waals surface area contributed by atoms with Crippen LogP contribution >= 0.6 is 11.8 Å². The van der Waals surface area contributed by atoms with Crippen molar-refractivity contribution in [2.24, 2.45) is 5.92 Å². The largest absolute Gasteiger partial charge is 0.341 e. The SMILES string of the molecule is Cc1cccc([C@@H]2C[C@@H](C(=O)N3CCSCC3)CN(Cc3ccccc3)C2)c1. The van der Waals surface area contributed by atoms with Gasteiger partial charge in [0.25, 0.3) is 0 Å². The van der Waals surface area contributed by atoms with Crippen LogP contribution in [0.4, 0.5) is 0 Å². The quantitative estimate of drug-likeness (QED) is 0.777. The summed E-state index contributed by atoms with van der Waals surface area (Å²) < 4.78 is 0. The van der Waals surface area contributed by atoms with Gasteiger partial charge in [-0.25, -0.2) is 0 Å². The minimum absolute atomic E-state index is 0.103. The lowest BCUT2D eigenvalue weighted by atomic mass is 9.83. The van der Waals surface area contributed by atoms with Crippen molar-refractivity contribution >= 4 is 17.7 Å². The maximum absolute atomic E-state index is 13.3. The van der Waals surface area contributed by atoms with Crippen molar-refractivity contribution in [2.75, 3.05) is 37.7 Å². The number of amides is 1. The molecule has 4 rings (SSSR count). The van der Waals surface area contributed by atoms with Crippen molar-refractivity contribution in [3.63, 3.8) is 0 Å². The topological polar surface area (TPSA) is 23.6 Å². The van der Waals surface area contributed by atoms with Crippen LogP contribution < -0.4 is 0 Å². The van der Waals surface area contributed by atoms with Crippen LogP contribution in [0.25, 0.3) is 0 Å². The molecule has 0 radical (unpaired) electrons. The fraction of sp³-hybridized carbons (Fsp3) is 0.458. The molecule has 0 N–H and O–H groups in total. The predicted octanol–water partition coefficient (Wildman–Crippen LogP) is 4.18. The maximum Gasteiger partial charge on any atom is 0.227 e. The summed E-state index contributed by atoms with van der Waals surface area (Å²) >= 11 is 1.96. The Labute approximate surface area is 173 Å². The summed E-state index contributed by atoms with van der Waals surface area (Å²) in [5, 5.41) is 0. The highest BCUT2D eigenvalue weighted by Crippen LogP contribution is 2.33. The lowest BCUT2D eigenvalue weighted by Crippen LogP contribution is -2.48. The second kappa shape index (κ2) is 9.15. The molecule has 0 aromatic heterocycles. The van der Waals surface area contributed by atoms with Crippen LogP contribution in [-0.4, -0.2) is 53.4 Å². The highest BCUT2D eigenvalue weighted by atomic mass is 32.2. The zero-order valence-electron chi connectivity index (χ0n) is 16.7. The Morgan fingerprint density at radius 3 is 2.57 bits per heavy atom. The van der Waals surface area contributed by atoms with Crippen molar-refractivity contribution in [2.45, 2.75) is 25.8 Å². The van der Waals surface area contributed by atoms with Crippen molar-refractivity contribution in [1.82, 2.24) is 9.80 Å². The van der Waals surface area contributed by atoms with E-state index in [1.165, 1.54) is 16.7 Å². The summed E-state index contributed by atoms with van der Waals surface area (Å²) in [4.78, 5) is 17.9. The molecule has 2 aliphatic heterocycles. The number of benzene rings is 2. The molecule has 2 aromatic rings. The smallest absolute Gasteiger partial charge is 0.227 e. The van der Waals surface area contributed by atoms with E-state index in [2.05, 4.69) is 71.3 Å². The Morgan fingerprint density at radius 2 is 1.82 bits per heavy atom. The van der Waals surface area contributed by atoms with Crippen LogP contribution in [0, 0.1) is 12.8 Å². The van der Waals surface area contributed by atoms with Gasteiger partial charge in [-0.15, -0.1) is 0 Å². The van der Waals surface area contributed by atoms with E-state index in [0.717, 1.165) is 50.7 Å². The van der Waals surface area contributed by atoms with Gasteiger partial charge in [0.2, 0.25) is 5.91 Å². The lowest BCUT2D eigenvalue weighted by Gasteiger charge is -2.40. The van der Waals surface area contributed by atoms with E-state index in [9.17, 15) is 4.79 Å². The minimum atomic E-state index is 0.103. The van der Waals surface area contributed by atoms with Gasteiger partial charge in [-0.3, -0.25) is 9.69 Å². The first-order valence-electron chi connectivity index (χ1n) is 10.4. The number of rotatable bonds is 4. The lowest BCUT2D eigenvalue weighted by molar-refractivity contribution is -0.137. The number of nitrogens with zero attached hydrogens (tertiary/aromatic N) is 2. The summed E-state index contributed by atoms with van der Waals surface area (Å²) in [5.74, 6) is 3.05. The van der Waals surface area contributed by atoms with Crippen LogP contribution in [0.3, 0.4) is 0 Å². The first-order valence-corrected chi connectivity index (χ1v) is 11.5. The van der Waals surface area contributed by atoms with Crippen LogP contribution in [0.2, 0.25) is 0 Å². The second-order valence-corrected chi connectivity index (χ2v) is 9.39. The van der Waals surface area contributed by atoms with Crippen molar-refractivity contribution in [3.05, 3.63) is 71.3 Å². The van der Waals surface area contributed by atoms with E-state index < -0.39 is 0 Å². The number of likely N-dealkylation sites (tertiary alicyclic amines) is 1. The van der Waals surface area contributed by atoms with Crippen LogP contribution in [0.1, 0.15) is 29.0 Å². The maximum atomic E-state index is 13.3. The van der Waals surface area contributed by atoms with E-state index in [1.54, 1.807) is 0 Å². The molecule has 0 spiro atoms. The van der Waals surface area contributed by atoms with E-state index in [-0.39, 0.29) is 5.92 Å². The van der Waals surface area contributed by atoms with E-state index in [4.69, 9.17) is 0 Å². The van der Waals surface area contributed by atoms with Gasteiger partial charge < -0.3 is 4.90 Å². The molecule has 4 heteroatoms. The number of piperidine rings is 1. The van der Waals surface area contributed by atoms with Gasteiger partial charge in [-0.1, -0.05) is 60.2 Å². The number of carbonyl (C=O) groups excluding carboxylic acids is 1. The average Bonchev–Trinajstić information content (AvgIpc) is 2.74. The fourth-order valence-corrected chi connectivity index (χ4v) is 5.45. The van der Waals surface area contributed by atoms with E-state index in [1.807, 2.05) is 11.8 Å². The average molecular weight is 395 g/mol. The number of hydrogen-bond donors (Lipinski definition) is 0. The highest BCUT2D eigenvalue weighted by molar-refractivity contribution is 7.99. The molecule has 2 fully saturated rings. The molecule has 2 aromatic carbocycles. The standard InChI is InChI=1S/C24H30N2OS/c1-19-6-5-9-21(14-19)22-15-23(24(27)26-10-12-28-13-11-26)18-25(17-22)16-20-7-3-2-4-8-20/h2-9,14,22-23H,10-13,15-18H2,1H3/t22-,23-/m1/s1. The summed E-state index contributed by atoms with van der Waals surface area (Å²) in [6, 6.07) is 19.5. The molecular weight excluding hydrogens is 364 g/mol. The second-order valence-electron chi connectivity index (χ2n) is 8.16. The van der Waals surface area contributed by atoms with Gasteiger partial charge in [0.05, 0.1) is 5.92 Å². The third-order valence-corrected chi connectivity index (χ3v) is 6.90. The third kappa shape index (κ3) is 4.79. The van der Waals surface area contributed by atoms with Crippen LogP contribution in [-0.2, 0) is 11.3 Å². The van der Waals surface area contributed by atoms with Crippen LogP contribution in [0.5, 0.6) is 0 Å². The normalized spacial score (nSPS) is 23.5. The van der Waals surface area contributed by atoms with Gasteiger partial charge in [0, 0.05) is 44.2 Å². The number of aryl methyl sites for hydroxylation is 1. The van der Waals surface area contributed by atoms with Gasteiger partial charge in [0.15, 0.2) is 0 Å². The zero-order valence-corrected chi connectivity index (χ0v) is 17.5. The molecule has 0 bridgehead atoms. The summed E-state index contributed by atoms with van der Waals surface area (Å²) in [6.07, 6.45) is 0.969. The predicted molar refractivity (Wildman–Crippen MR) is 118 cm³/mol. The molecule has 0 unspecified atom stereocenters. The summed E-state index contributed by atoms with van der Waals surface area (Å²) in [6.45, 7) is 6.80. The summed E-state index contributed by atoms with van der Waals surface area (Å²) in [7, 11) is 0. The first kappa shape index (κ1) is 19.5. The van der Waals surface area contributed by atoms with E-state index >= 15 is 0 Å². The summed E-state index contributed by atoms with van der Waals surface area (Å²) in [5.41, 5.74) is 4.01. The fourth-order valence-electron chi connectivity index (χ4n) is 4.55. The van der Waals surface area contributed by atoms with Crippen molar-refractivity contribution in [1.29, 1.82) is 0 Å². The zero-order chi connectivity index (χ0) is 19.3. The number of thioether (sulfide) groups is 1. The van der Waals surface area contributed by atoms with Gasteiger partial charge in [-0.05, 0) is 30.4 Å². The molecular formula is C24H30N2OS. The van der Waals surface area contributed by atoms with Gasteiger partial charge >= 0.3 is 0 Å². The third-order valence-electron chi connectivity index (χ3n) is 5.96. The molecule has 28 heavy (non-hydrogen) atoms. The molecule has 148 valence electrons. The Hall–Kier alpha value is -1.78. The molecule has 1 amide bonds. The molecule has 3 nitrogen and oxygen atoms in total. The molecule has 0 saturated carbocycles. The Bertz CT molecular complexity index is 788. The van der Waals surface area contributed by atoms with Crippen molar-refractivity contribution < 1.29 is 4.79 Å². The van der Waals surface area contributed by atoms with E-state index in [0.29, 0.717) is 11.8 Å². The first-order chi connectivity index (χ1) is 13.7. The molecule has 2 aliphatic rings. The number of hydrogen-bond acceptors (Lipinski definition) is 3. The number of carbonyl (C=O) groups is 1. The Kier molecular flexibility index (Phi) is 6.38.